The highest BCUT2D eigenvalue weighted by Gasteiger charge is 2.12. The Hall–Kier alpha value is -2.18. The minimum Gasteiger partial charge on any atom is -0.355 e. The molecule has 0 fully saturated rings. The van der Waals surface area contributed by atoms with E-state index in [-0.39, 0.29) is 18.0 Å². The smallest absolute Gasteiger partial charge is 0.271 e. The van der Waals surface area contributed by atoms with Gasteiger partial charge in [0, 0.05) is 16.4 Å². The van der Waals surface area contributed by atoms with Crippen molar-refractivity contribution in [2.24, 2.45) is 0 Å². The summed E-state index contributed by atoms with van der Waals surface area (Å²) in [4.78, 5) is 29.4. The lowest BCUT2D eigenvalue weighted by atomic mass is 10.2. The minimum absolute atomic E-state index is 0.0240. The molecule has 7 heteroatoms. The summed E-state index contributed by atoms with van der Waals surface area (Å²) in [5, 5.41) is 3.33. The van der Waals surface area contributed by atoms with Crippen LogP contribution in [0.5, 0.6) is 0 Å². The number of aromatic nitrogens is 2. The van der Waals surface area contributed by atoms with Crippen molar-refractivity contribution >= 4 is 39.1 Å². The van der Waals surface area contributed by atoms with E-state index in [1.54, 1.807) is 0 Å². The maximum absolute atomic E-state index is 12.5. The van der Waals surface area contributed by atoms with Gasteiger partial charge in [0.05, 0.1) is 11.8 Å². The molecule has 1 aromatic carbocycles. The van der Waals surface area contributed by atoms with Gasteiger partial charge in [-0.25, -0.2) is 4.98 Å². The number of fused-ring (bicyclic) bond motifs is 1. The first kappa shape index (κ1) is 15.7. The molecule has 118 valence electrons. The molecule has 1 N–H and O–H groups in total. The predicted molar refractivity (Wildman–Crippen MR) is 93.0 cm³/mol. The molecular weight excluding hydrogens is 334 g/mol. The van der Waals surface area contributed by atoms with Crippen LogP contribution in [-0.2, 0) is 11.3 Å². The molecule has 0 saturated carbocycles. The number of hydrogen-bond acceptors (Lipinski definition) is 4. The molecule has 0 unspecified atom stereocenters. The van der Waals surface area contributed by atoms with Gasteiger partial charge in [-0.3, -0.25) is 14.2 Å². The van der Waals surface area contributed by atoms with Crippen molar-refractivity contribution in [3.63, 3.8) is 0 Å². The van der Waals surface area contributed by atoms with E-state index in [1.165, 1.54) is 22.2 Å². The average molecular weight is 348 g/mol. The van der Waals surface area contributed by atoms with Crippen LogP contribution in [0.1, 0.15) is 6.92 Å². The van der Waals surface area contributed by atoms with Crippen molar-refractivity contribution in [3.05, 3.63) is 52.0 Å². The molecule has 0 bridgehead atoms. The van der Waals surface area contributed by atoms with Crippen molar-refractivity contribution in [2.75, 3.05) is 6.54 Å². The molecule has 3 aromatic rings. The molecule has 3 rings (SSSR count). The Bertz CT molecular complexity index is 915. The highest BCUT2D eigenvalue weighted by Crippen LogP contribution is 2.31. The average Bonchev–Trinajstić information content (AvgIpc) is 2.96. The molecule has 0 aliphatic rings. The van der Waals surface area contributed by atoms with Crippen LogP contribution in [-0.4, -0.2) is 22.0 Å². The molecule has 5 nitrogen and oxygen atoms in total. The third kappa shape index (κ3) is 3.28. The number of rotatable bonds is 4. The number of carbonyl (C=O) groups is 1. The van der Waals surface area contributed by atoms with Crippen LogP contribution in [0.25, 0.3) is 20.7 Å². The molecule has 23 heavy (non-hydrogen) atoms. The minimum atomic E-state index is -0.203. The second-order valence-corrected chi connectivity index (χ2v) is 6.45. The number of benzene rings is 1. The third-order valence-electron chi connectivity index (χ3n) is 3.32. The normalized spacial score (nSPS) is 10.9. The Labute approximate surface area is 141 Å². The maximum atomic E-state index is 12.5. The van der Waals surface area contributed by atoms with E-state index in [4.69, 9.17) is 11.6 Å². The topological polar surface area (TPSA) is 64.0 Å². The van der Waals surface area contributed by atoms with Crippen LogP contribution < -0.4 is 10.9 Å². The monoisotopic (exact) mass is 347 g/mol. The molecule has 0 spiro atoms. The Morgan fingerprint density at radius 1 is 1.35 bits per heavy atom. The van der Waals surface area contributed by atoms with Gasteiger partial charge in [-0.2, -0.15) is 0 Å². The summed E-state index contributed by atoms with van der Waals surface area (Å²) in [6.45, 7) is 2.34. The van der Waals surface area contributed by atoms with Gasteiger partial charge >= 0.3 is 0 Å². The van der Waals surface area contributed by atoms with Gasteiger partial charge in [-0.1, -0.05) is 23.7 Å². The fraction of sp³-hybridized carbons (Fsp3) is 0.188. The van der Waals surface area contributed by atoms with Crippen molar-refractivity contribution < 1.29 is 4.79 Å². The summed E-state index contributed by atoms with van der Waals surface area (Å²) in [5.74, 6) is -0.203. The molecule has 0 aliphatic carbocycles. The van der Waals surface area contributed by atoms with Crippen LogP contribution >= 0.6 is 22.9 Å². The van der Waals surface area contributed by atoms with Gasteiger partial charge < -0.3 is 5.32 Å². The quantitative estimate of drug-likeness (QED) is 0.789. The molecule has 1 amide bonds. The van der Waals surface area contributed by atoms with Crippen LogP contribution in [0.4, 0.5) is 0 Å². The Morgan fingerprint density at radius 3 is 2.78 bits per heavy atom. The van der Waals surface area contributed by atoms with Gasteiger partial charge in [-0.15, -0.1) is 11.3 Å². The molecule has 2 heterocycles. The van der Waals surface area contributed by atoms with E-state index >= 15 is 0 Å². The largest absolute Gasteiger partial charge is 0.355 e. The number of amides is 1. The van der Waals surface area contributed by atoms with Gasteiger partial charge in [-0.05, 0) is 30.7 Å². The molecule has 2 aromatic heterocycles. The first-order chi connectivity index (χ1) is 11.1. The summed E-state index contributed by atoms with van der Waals surface area (Å²) < 4.78 is 1.87. The fourth-order valence-electron chi connectivity index (χ4n) is 2.22. The number of likely N-dealkylation sites (N-methyl/N-ethyl adjacent to an activating group) is 1. The predicted octanol–water partition coefficient (Wildman–Crippen LogP) is 2.91. The van der Waals surface area contributed by atoms with Crippen molar-refractivity contribution in [1.29, 1.82) is 0 Å². The Balaban J connectivity index is 2.00. The molecule has 0 saturated heterocycles. The Morgan fingerprint density at radius 2 is 2.09 bits per heavy atom. The van der Waals surface area contributed by atoms with Gasteiger partial charge in [0.2, 0.25) is 5.91 Å². The van der Waals surface area contributed by atoms with Gasteiger partial charge in [0.15, 0.2) is 0 Å². The lowest BCUT2D eigenvalue weighted by Gasteiger charge is -2.04. The number of hydrogen-bond donors (Lipinski definition) is 1. The first-order valence-corrected chi connectivity index (χ1v) is 8.29. The summed E-state index contributed by atoms with van der Waals surface area (Å²) in [5.41, 5.74) is 1.41. The van der Waals surface area contributed by atoms with Crippen LogP contribution in [0.15, 0.2) is 41.5 Å². The van der Waals surface area contributed by atoms with Crippen LogP contribution in [0.3, 0.4) is 0 Å². The zero-order valence-electron chi connectivity index (χ0n) is 12.4. The van der Waals surface area contributed by atoms with Crippen molar-refractivity contribution in [1.82, 2.24) is 14.9 Å². The molecule has 0 radical (unpaired) electrons. The van der Waals surface area contributed by atoms with E-state index in [2.05, 4.69) is 10.3 Å². The second kappa shape index (κ2) is 6.52. The second-order valence-electron chi connectivity index (χ2n) is 4.96. The maximum Gasteiger partial charge on any atom is 0.271 e. The number of halogens is 1. The van der Waals surface area contributed by atoms with Crippen molar-refractivity contribution in [2.45, 2.75) is 13.5 Å². The molecular formula is C16H14ClN3O2S. The van der Waals surface area contributed by atoms with E-state index in [1.807, 2.05) is 37.3 Å². The number of thiophene rings is 1. The number of nitrogens with zero attached hydrogens (tertiary/aromatic N) is 2. The first-order valence-electron chi connectivity index (χ1n) is 7.10. The third-order valence-corrected chi connectivity index (χ3v) is 4.73. The Kier molecular flexibility index (Phi) is 4.45. The lowest BCUT2D eigenvalue weighted by Crippen LogP contribution is -2.31. The standard InChI is InChI=1S/C16H14ClN3O2S/c1-2-18-14(21)8-20-9-19-12-7-13(23-15(12)16(20)22)10-3-5-11(17)6-4-10/h3-7,9H,2,8H2,1H3,(H,18,21). The fourth-order valence-corrected chi connectivity index (χ4v) is 3.41. The van der Waals surface area contributed by atoms with Crippen LogP contribution in [0, 0.1) is 0 Å². The zero-order chi connectivity index (χ0) is 16.4. The van der Waals surface area contributed by atoms with Crippen LogP contribution in [0.2, 0.25) is 5.02 Å². The zero-order valence-corrected chi connectivity index (χ0v) is 13.9. The van der Waals surface area contributed by atoms with E-state index in [9.17, 15) is 9.59 Å². The lowest BCUT2D eigenvalue weighted by molar-refractivity contribution is -0.121. The molecule has 0 aliphatic heterocycles. The number of carbonyl (C=O) groups excluding carboxylic acids is 1. The highest BCUT2D eigenvalue weighted by atomic mass is 35.5. The van der Waals surface area contributed by atoms with Gasteiger partial charge in [0.1, 0.15) is 11.2 Å². The highest BCUT2D eigenvalue weighted by molar-refractivity contribution is 7.22. The summed E-state index contributed by atoms with van der Waals surface area (Å²) in [7, 11) is 0. The van der Waals surface area contributed by atoms with E-state index < -0.39 is 0 Å². The summed E-state index contributed by atoms with van der Waals surface area (Å²) >= 11 is 7.26. The summed E-state index contributed by atoms with van der Waals surface area (Å²) in [6.07, 6.45) is 1.41. The number of nitrogens with one attached hydrogen (secondary N) is 1. The van der Waals surface area contributed by atoms with Gasteiger partial charge in [0.25, 0.3) is 5.56 Å². The van der Waals surface area contributed by atoms with E-state index in [0.717, 1.165) is 10.4 Å². The SMILES string of the molecule is CCNC(=O)Cn1cnc2cc(-c3ccc(Cl)cc3)sc2c1=O. The summed E-state index contributed by atoms with van der Waals surface area (Å²) in [6, 6.07) is 9.30. The van der Waals surface area contributed by atoms with Crippen molar-refractivity contribution in [3.8, 4) is 10.4 Å². The molecule has 0 atom stereocenters. The van der Waals surface area contributed by atoms with E-state index in [0.29, 0.717) is 21.8 Å².